The summed E-state index contributed by atoms with van der Waals surface area (Å²) in [5.41, 5.74) is 0.566. The second kappa shape index (κ2) is 11.5. The molecule has 0 nitrogen and oxygen atoms in total. The van der Waals surface area contributed by atoms with Gasteiger partial charge in [0.05, 0.1) is 0 Å². The first-order valence-corrected chi connectivity index (χ1v) is 15.3. The van der Waals surface area contributed by atoms with Gasteiger partial charge in [-0.1, -0.05) is 61.9 Å². The summed E-state index contributed by atoms with van der Waals surface area (Å²) in [5.74, 6) is -0.751. The van der Waals surface area contributed by atoms with Crippen LogP contribution in [0.1, 0.15) is 26.2 Å². The smallest absolute Gasteiger partial charge is 0.123 e. The average molecular weight is 539 g/mol. The standard InChI is InChI=1S/C31H28F4P2/c1-21(36(26-13-5-22(32)6-14-26)27-15-7-23(33)8-16-27)30-3-2-4-31(30)37(28-17-9-24(34)10-18-28)29-19-11-25(35)12-20-29/h5-21,30-31H,2-4H2,1H3. The van der Waals surface area contributed by atoms with Crippen molar-refractivity contribution in [2.75, 3.05) is 0 Å². The third kappa shape index (κ3) is 5.82. The summed E-state index contributed by atoms with van der Waals surface area (Å²) in [7, 11) is -1.75. The fourth-order valence-corrected chi connectivity index (χ4v) is 11.9. The lowest BCUT2D eigenvalue weighted by atomic mass is 10.0. The molecule has 6 heteroatoms. The van der Waals surface area contributed by atoms with Crippen LogP contribution >= 0.6 is 15.8 Å². The molecule has 1 aliphatic carbocycles. The maximum Gasteiger partial charge on any atom is 0.123 e. The molecule has 0 aromatic heterocycles. The average Bonchev–Trinajstić information content (AvgIpc) is 3.38. The quantitative estimate of drug-likeness (QED) is 0.170. The first kappa shape index (κ1) is 26.1. The molecular formula is C31H28F4P2. The van der Waals surface area contributed by atoms with Crippen LogP contribution in [0, 0.1) is 29.2 Å². The van der Waals surface area contributed by atoms with Gasteiger partial charge in [0.1, 0.15) is 23.3 Å². The molecule has 0 heterocycles. The molecule has 37 heavy (non-hydrogen) atoms. The Kier molecular flexibility index (Phi) is 8.08. The van der Waals surface area contributed by atoms with Crippen molar-refractivity contribution in [3.63, 3.8) is 0 Å². The zero-order valence-electron chi connectivity index (χ0n) is 20.5. The lowest BCUT2D eigenvalue weighted by Crippen LogP contribution is -2.33. The predicted molar refractivity (Wildman–Crippen MR) is 149 cm³/mol. The number of hydrogen-bond acceptors (Lipinski definition) is 0. The van der Waals surface area contributed by atoms with Gasteiger partial charge in [0.2, 0.25) is 0 Å². The molecule has 1 aliphatic rings. The van der Waals surface area contributed by atoms with Crippen molar-refractivity contribution >= 4 is 37.1 Å². The lowest BCUT2D eigenvalue weighted by Gasteiger charge is -2.37. The maximum absolute atomic E-state index is 13.8. The van der Waals surface area contributed by atoms with E-state index in [9.17, 15) is 17.6 Å². The van der Waals surface area contributed by atoms with Crippen molar-refractivity contribution in [3.05, 3.63) is 120 Å². The van der Waals surface area contributed by atoms with Crippen molar-refractivity contribution in [2.24, 2.45) is 5.92 Å². The van der Waals surface area contributed by atoms with E-state index >= 15 is 0 Å². The molecule has 190 valence electrons. The Hall–Kier alpha value is -2.54. The Morgan fingerprint density at radius 1 is 0.541 bits per heavy atom. The van der Waals surface area contributed by atoms with Gasteiger partial charge in [-0.2, -0.15) is 0 Å². The van der Waals surface area contributed by atoms with Crippen LogP contribution in [0.3, 0.4) is 0 Å². The van der Waals surface area contributed by atoms with Gasteiger partial charge in [0.15, 0.2) is 0 Å². The van der Waals surface area contributed by atoms with E-state index in [1.54, 1.807) is 0 Å². The summed E-state index contributed by atoms with van der Waals surface area (Å²) >= 11 is 0. The van der Waals surface area contributed by atoms with Crippen LogP contribution in [-0.4, -0.2) is 11.3 Å². The molecule has 3 atom stereocenters. The molecule has 0 bridgehead atoms. The SMILES string of the molecule is CC(C1CCCC1P(c1ccc(F)cc1)c1ccc(F)cc1)P(c1ccc(F)cc1)c1ccc(F)cc1. The van der Waals surface area contributed by atoms with E-state index in [1.165, 1.54) is 48.5 Å². The van der Waals surface area contributed by atoms with Crippen LogP contribution in [-0.2, 0) is 0 Å². The molecule has 1 fully saturated rings. The van der Waals surface area contributed by atoms with Gasteiger partial charge >= 0.3 is 0 Å². The van der Waals surface area contributed by atoms with Gasteiger partial charge in [0, 0.05) is 0 Å². The van der Waals surface area contributed by atoms with Crippen molar-refractivity contribution < 1.29 is 17.6 Å². The highest BCUT2D eigenvalue weighted by molar-refractivity contribution is 7.74. The minimum atomic E-state index is -0.890. The molecule has 0 saturated heterocycles. The Morgan fingerprint density at radius 3 is 1.27 bits per heavy atom. The first-order valence-electron chi connectivity index (χ1n) is 12.5. The predicted octanol–water partition coefficient (Wildman–Crippen LogP) is 7.37. The fourth-order valence-electron chi connectivity index (χ4n) is 5.60. The summed E-state index contributed by atoms with van der Waals surface area (Å²) in [6, 6.07) is 26.9. The lowest BCUT2D eigenvalue weighted by molar-refractivity contribution is 0.548. The van der Waals surface area contributed by atoms with E-state index in [0.29, 0.717) is 11.6 Å². The second-order valence-corrected chi connectivity index (χ2v) is 14.6. The van der Waals surface area contributed by atoms with Crippen LogP contribution in [0.4, 0.5) is 17.6 Å². The van der Waals surface area contributed by atoms with Gasteiger partial charge in [-0.3, -0.25) is 0 Å². The highest BCUT2D eigenvalue weighted by Gasteiger charge is 2.41. The monoisotopic (exact) mass is 538 g/mol. The van der Waals surface area contributed by atoms with Gasteiger partial charge in [-0.25, -0.2) is 17.6 Å². The number of benzene rings is 4. The van der Waals surface area contributed by atoms with E-state index < -0.39 is 15.8 Å². The van der Waals surface area contributed by atoms with Crippen LogP contribution in [0.25, 0.3) is 0 Å². The van der Waals surface area contributed by atoms with E-state index in [4.69, 9.17) is 0 Å². The molecule has 1 saturated carbocycles. The Labute approximate surface area is 218 Å². The highest BCUT2D eigenvalue weighted by Crippen LogP contribution is 2.56. The van der Waals surface area contributed by atoms with Gasteiger partial charge in [-0.15, -0.1) is 0 Å². The molecule has 5 rings (SSSR count). The van der Waals surface area contributed by atoms with E-state index in [2.05, 4.69) is 6.92 Å². The zero-order valence-corrected chi connectivity index (χ0v) is 22.3. The summed E-state index contributed by atoms with van der Waals surface area (Å²) in [5, 5.41) is 4.29. The maximum atomic E-state index is 13.8. The van der Waals surface area contributed by atoms with Crippen LogP contribution in [0.2, 0.25) is 0 Å². The molecule has 4 aromatic carbocycles. The summed E-state index contributed by atoms with van der Waals surface area (Å²) in [6.45, 7) is 2.27. The molecule has 0 radical (unpaired) electrons. The molecule has 0 amide bonds. The largest absolute Gasteiger partial charge is 0.207 e. The molecule has 0 spiro atoms. The number of halogens is 4. The minimum absolute atomic E-state index is 0.240. The minimum Gasteiger partial charge on any atom is -0.207 e. The Morgan fingerprint density at radius 2 is 0.892 bits per heavy atom. The molecule has 0 N–H and O–H groups in total. The van der Waals surface area contributed by atoms with E-state index in [-0.39, 0.29) is 28.9 Å². The third-order valence-electron chi connectivity index (χ3n) is 7.31. The summed E-state index contributed by atoms with van der Waals surface area (Å²) in [6.07, 6.45) is 3.16. The van der Waals surface area contributed by atoms with Crippen LogP contribution in [0.5, 0.6) is 0 Å². The molecule has 4 aromatic rings. The second-order valence-electron chi connectivity index (χ2n) is 9.55. The van der Waals surface area contributed by atoms with Crippen molar-refractivity contribution in [1.82, 2.24) is 0 Å². The van der Waals surface area contributed by atoms with Crippen LogP contribution in [0.15, 0.2) is 97.1 Å². The summed E-state index contributed by atoms with van der Waals surface area (Å²) < 4.78 is 55.3. The summed E-state index contributed by atoms with van der Waals surface area (Å²) in [4.78, 5) is 0. The third-order valence-corrected chi connectivity index (χ3v) is 13.2. The van der Waals surface area contributed by atoms with Gasteiger partial charge in [0.25, 0.3) is 0 Å². The van der Waals surface area contributed by atoms with Gasteiger partial charge in [-0.05, 0) is 116 Å². The number of hydrogen-bond donors (Lipinski definition) is 0. The Bertz CT molecular complexity index is 1210. The topological polar surface area (TPSA) is 0 Å². The van der Waals surface area contributed by atoms with Crippen LogP contribution < -0.4 is 21.2 Å². The first-order chi connectivity index (χ1) is 17.9. The van der Waals surface area contributed by atoms with E-state index in [0.717, 1.165) is 40.5 Å². The van der Waals surface area contributed by atoms with Crippen molar-refractivity contribution in [2.45, 2.75) is 37.5 Å². The normalized spacial score (nSPS) is 18.5. The molecule has 0 aliphatic heterocycles. The number of rotatable bonds is 7. The van der Waals surface area contributed by atoms with Gasteiger partial charge < -0.3 is 0 Å². The van der Waals surface area contributed by atoms with Crippen molar-refractivity contribution in [3.8, 4) is 0 Å². The zero-order chi connectivity index (χ0) is 25.9. The van der Waals surface area contributed by atoms with E-state index in [1.807, 2.05) is 48.5 Å². The molecular weight excluding hydrogens is 510 g/mol. The molecule has 3 unspecified atom stereocenters. The fraction of sp³-hybridized carbons (Fsp3) is 0.226. The Balaban J connectivity index is 1.56. The highest BCUT2D eigenvalue weighted by atomic mass is 31.1. The van der Waals surface area contributed by atoms with Crippen molar-refractivity contribution in [1.29, 1.82) is 0 Å².